The van der Waals surface area contributed by atoms with Gasteiger partial charge >= 0.3 is 5.97 Å². The molecule has 0 spiro atoms. The van der Waals surface area contributed by atoms with Gasteiger partial charge in [-0.25, -0.2) is 4.79 Å². The monoisotopic (exact) mass is 420 g/mol. The van der Waals surface area contributed by atoms with Crippen LogP contribution in [0.1, 0.15) is 26.3 Å². The number of hydrogen-bond donors (Lipinski definition) is 2. The Hall–Kier alpha value is -4.00. The third-order valence-corrected chi connectivity index (χ3v) is 4.66. The number of nitrogens with one attached hydrogen (secondary N) is 2. The van der Waals surface area contributed by atoms with E-state index >= 15 is 0 Å². The molecule has 7 heteroatoms. The highest BCUT2D eigenvalue weighted by Crippen LogP contribution is 2.24. The van der Waals surface area contributed by atoms with E-state index in [1.54, 1.807) is 37.4 Å². The Bertz CT molecular complexity index is 1060. The van der Waals surface area contributed by atoms with Crippen molar-refractivity contribution in [1.82, 2.24) is 5.32 Å². The molecule has 0 fully saturated rings. The van der Waals surface area contributed by atoms with Gasteiger partial charge in [0.15, 0.2) is 0 Å². The fraction of sp³-hybridized carbons (Fsp3) is 0.167. The molecule has 2 N–H and O–H groups in total. The van der Waals surface area contributed by atoms with Crippen LogP contribution in [0.5, 0.6) is 11.5 Å². The van der Waals surface area contributed by atoms with E-state index in [2.05, 4.69) is 10.6 Å². The molecule has 0 saturated heterocycles. The van der Waals surface area contributed by atoms with Crippen LogP contribution in [0.3, 0.4) is 0 Å². The van der Waals surface area contributed by atoms with Gasteiger partial charge in [-0.2, -0.15) is 0 Å². The van der Waals surface area contributed by atoms with E-state index in [-0.39, 0.29) is 12.5 Å². The number of methoxy groups -OCH3 is 3. The molecule has 0 aromatic heterocycles. The normalized spacial score (nSPS) is 10.2. The van der Waals surface area contributed by atoms with Gasteiger partial charge in [0, 0.05) is 12.2 Å². The Morgan fingerprint density at radius 3 is 2.26 bits per heavy atom. The lowest BCUT2D eigenvalue weighted by Crippen LogP contribution is -2.23. The van der Waals surface area contributed by atoms with Crippen molar-refractivity contribution >= 4 is 23.3 Å². The second-order valence-electron chi connectivity index (χ2n) is 6.61. The maximum Gasteiger partial charge on any atom is 0.341 e. The lowest BCUT2D eigenvalue weighted by molar-refractivity contribution is 0.0597. The number of ether oxygens (including phenoxy) is 3. The van der Waals surface area contributed by atoms with Gasteiger partial charge in [-0.05, 0) is 54.1 Å². The summed E-state index contributed by atoms with van der Waals surface area (Å²) >= 11 is 0. The first kappa shape index (κ1) is 21.7. The standard InChI is InChI=1S/C24H24N2O5/c1-29-18-11-9-17(10-12-18)26-21-7-5-4-6-19(21)23(27)25-15-16-8-13-22(30-2)20(14-16)24(28)31-3/h4-14,26H,15H2,1-3H3,(H,25,27). The Balaban J connectivity index is 1.73. The maximum absolute atomic E-state index is 12.8. The van der Waals surface area contributed by atoms with Crippen LogP contribution in [0, 0.1) is 0 Å². The van der Waals surface area contributed by atoms with E-state index in [4.69, 9.17) is 14.2 Å². The van der Waals surface area contributed by atoms with Gasteiger partial charge in [0.25, 0.3) is 5.91 Å². The highest BCUT2D eigenvalue weighted by molar-refractivity contribution is 6.00. The molecule has 160 valence electrons. The third kappa shape index (κ3) is 5.33. The summed E-state index contributed by atoms with van der Waals surface area (Å²) in [7, 11) is 4.40. The number of esters is 1. The molecule has 3 rings (SSSR count). The Labute approximate surface area is 180 Å². The van der Waals surface area contributed by atoms with Crippen molar-refractivity contribution in [3.8, 4) is 11.5 Å². The van der Waals surface area contributed by atoms with Crippen molar-refractivity contribution < 1.29 is 23.8 Å². The molecule has 0 heterocycles. The third-order valence-electron chi connectivity index (χ3n) is 4.66. The SMILES string of the molecule is COC(=O)c1cc(CNC(=O)c2ccccc2Nc2ccc(OC)cc2)ccc1OC. The predicted octanol–water partition coefficient (Wildman–Crippen LogP) is 4.16. The smallest absolute Gasteiger partial charge is 0.341 e. The molecule has 31 heavy (non-hydrogen) atoms. The van der Waals surface area contributed by atoms with Crippen molar-refractivity contribution in [3.05, 3.63) is 83.4 Å². The van der Waals surface area contributed by atoms with Gasteiger partial charge in [0.2, 0.25) is 0 Å². The molecule has 3 aromatic rings. The Kier molecular flexibility index (Phi) is 7.11. The van der Waals surface area contributed by atoms with E-state index in [0.717, 1.165) is 17.0 Å². The Morgan fingerprint density at radius 2 is 1.58 bits per heavy atom. The van der Waals surface area contributed by atoms with Crippen molar-refractivity contribution in [2.75, 3.05) is 26.6 Å². The molecule has 3 aromatic carbocycles. The average molecular weight is 420 g/mol. The highest BCUT2D eigenvalue weighted by Gasteiger charge is 2.15. The van der Waals surface area contributed by atoms with Crippen molar-refractivity contribution in [3.63, 3.8) is 0 Å². The minimum absolute atomic E-state index is 0.240. The summed E-state index contributed by atoms with van der Waals surface area (Å²) in [5, 5.41) is 6.14. The zero-order valence-electron chi connectivity index (χ0n) is 17.6. The number of rotatable bonds is 8. The largest absolute Gasteiger partial charge is 0.497 e. The molecular weight excluding hydrogens is 396 g/mol. The lowest BCUT2D eigenvalue weighted by Gasteiger charge is -2.13. The van der Waals surface area contributed by atoms with Crippen LogP contribution in [0.2, 0.25) is 0 Å². The maximum atomic E-state index is 12.8. The van der Waals surface area contributed by atoms with E-state index in [0.29, 0.717) is 22.6 Å². The first-order chi connectivity index (χ1) is 15.0. The quantitative estimate of drug-likeness (QED) is 0.532. The van der Waals surface area contributed by atoms with Crippen molar-refractivity contribution in [1.29, 1.82) is 0 Å². The molecule has 0 aliphatic rings. The molecule has 0 unspecified atom stereocenters. The van der Waals surface area contributed by atoms with Gasteiger partial charge in [0.1, 0.15) is 17.1 Å². The van der Waals surface area contributed by atoms with E-state index in [1.807, 2.05) is 36.4 Å². The number of amides is 1. The molecule has 0 saturated carbocycles. The zero-order valence-corrected chi connectivity index (χ0v) is 17.6. The summed E-state index contributed by atoms with van der Waals surface area (Å²) < 4.78 is 15.2. The Morgan fingerprint density at radius 1 is 0.839 bits per heavy atom. The summed E-state index contributed by atoms with van der Waals surface area (Å²) in [6.07, 6.45) is 0. The summed E-state index contributed by atoms with van der Waals surface area (Å²) in [6, 6.07) is 19.8. The predicted molar refractivity (Wildman–Crippen MR) is 118 cm³/mol. The first-order valence-corrected chi connectivity index (χ1v) is 9.59. The highest BCUT2D eigenvalue weighted by atomic mass is 16.5. The van der Waals surface area contributed by atoms with Gasteiger partial charge in [-0.3, -0.25) is 4.79 Å². The molecule has 0 aliphatic heterocycles. The molecule has 0 bridgehead atoms. The topological polar surface area (TPSA) is 85.9 Å². The van der Waals surface area contributed by atoms with Gasteiger partial charge in [-0.1, -0.05) is 18.2 Å². The van der Waals surface area contributed by atoms with Crippen LogP contribution in [0.4, 0.5) is 11.4 Å². The average Bonchev–Trinajstić information content (AvgIpc) is 2.82. The summed E-state index contributed by atoms with van der Waals surface area (Å²) in [5.74, 6) is 0.421. The van der Waals surface area contributed by atoms with Crippen LogP contribution < -0.4 is 20.1 Å². The number of benzene rings is 3. The molecule has 0 atom stereocenters. The van der Waals surface area contributed by atoms with Crippen molar-refractivity contribution in [2.24, 2.45) is 0 Å². The second kappa shape index (κ2) is 10.2. The van der Waals surface area contributed by atoms with Gasteiger partial charge in [-0.15, -0.1) is 0 Å². The van der Waals surface area contributed by atoms with Crippen LogP contribution in [0.15, 0.2) is 66.7 Å². The van der Waals surface area contributed by atoms with Crippen LogP contribution >= 0.6 is 0 Å². The summed E-state index contributed by atoms with van der Waals surface area (Å²) in [4.78, 5) is 24.8. The number of carbonyl (C=O) groups excluding carboxylic acids is 2. The fourth-order valence-electron chi connectivity index (χ4n) is 3.03. The van der Waals surface area contributed by atoms with Gasteiger partial charge < -0.3 is 24.8 Å². The van der Waals surface area contributed by atoms with Crippen LogP contribution in [0.25, 0.3) is 0 Å². The molecule has 1 amide bonds. The summed E-state index contributed by atoms with van der Waals surface area (Å²) in [5.41, 5.74) is 3.06. The second-order valence-corrected chi connectivity index (χ2v) is 6.61. The van der Waals surface area contributed by atoms with Crippen molar-refractivity contribution in [2.45, 2.75) is 6.54 Å². The molecule has 7 nitrogen and oxygen atoms in total. The minimum atomic E-state index is -0.501. The number of anilines is 2. The van der Waals surface area contributed by atoms with Crippen LogP contribution in [-0.4, -0.2) is 33.2 Å². The fourth-order valence-corrected chi connectivity index (χ4v) is 3.03. The van der Waals surface area contributed by atoms with Gasteiger partial charge in [0.05, 0.1) is 32.6 Å². The minimum Gasteiger partial charge on any atom is -0.497 e. The van der Waals surface area contributed by atoms with E-state index in [9.17, 15) is 9.59 Å². The molecular formula is C24H24N2O5. The van der Waals surface area contributed by atoms with E-state index < -0.39 is 5.97 Å². The van der Waals surface area contributed by atoms with Crippen LogP contribution in [-0.2, 0) is 11.3 Å². The summed E-state index contributed by atoms with van der Waals surface area (Å²) in [6.45, 7) is 0.240. The zero-order chi connectivity index (χ0) is 22.2. The number of para-hydroxylation sites is 1. The first-order valence-electron chi connectivity index (χ1n) is 9.59. The number of carbonyl (C=O) groups is 2. The van der Waals surface area contributed by atoms with E-state index in [1.165, 1.54) is 14.2 Å². The molecule has 0 radical (unpaired) electrons. The number of hydrogen-bond acceptors (Lipinski definition) is 6. The lowest BCUT2D eigenvalue weighted by atomic mass is 10.1. The molecule has 0 aliphatic carbocycles.